The third-order valence-electron chi connectivity index (χ3n) is 5.50. The van der Waals surface area contributed by atoms with Gasteiger partial charge in [-0.1, -0.05) is 29.8 Å². The van der Waals surface area contributed by atoms with E-state index in [1.165, 1.54) is 12.1 Å². The standard InChI is InChI=1S/C26H24ClF2N5O/c1-3-30-11-10-19-15-34(33-32-19)20-7-4-16(2)22(14-20)26(35)21-8-6-18(13-23(21)27)31-25-9-5-17(28)12-24(25)29/h4-9,12-15,30-31H,3,10-11H2,1-2H3. The van der Waals surface area contributed by atoms with Gasteiger partial charge in [-0.15, -0.1) is 5.10 Å². The zero-order valence-electron chi connectivity index (χ0n) is 19.3. The fraction of sp³-hybridized carbons (Fsp3) is 0.192. The van der Waals surface area contributed by atoms with Crippen molar-refractivity contribution < 1.29 is 13.6 Å². The number of carbonyl (C=O) groups is 1. The van der Waals surface area contributed by atoms with Gasteiger partial charge in [0.2, 0.25) is 0 Å². The Kier molecular flexibility index (Phi) is 7.53. The highest BCUT2D eigenvalue weighted by Crippen LogP contribution is 2.28. The Labute approximate surface area is 206 Å². The summed E-state index contributed by atoms with van der Waals surface area (Å²) in [7, 11) is 0. The number of likely N-dealkylation sites (N-methyl/N-ethyl adjacent to an activating group) is 1. The van der Waals surface area contributed by atoms with E-state index in [1.54, 1.807) is 22.9 Å². The smallest absolute Gasteiger partial charge is 0.194 e. The predicted molar refractivity (Wildman–Crippen MR) is 133 cm³/mol. The molecular formula is C26H24ClF2N5O. The van der Waals surface area contributed by atoms with Crippen LogP contribution in [0.1, 0.15) is 34.1 Å². The Balaban J connectivity index is 1.56. The number of halogens is 3. The molecule has 0 aliphatic heterocycles. The van der Waals surface area contributed by atoms with Gasteiger partial charge in [0, 0.05) is 35.8 Å². The van der Waals surface area contributed by atoms with Crippen LogP contribution in [0.25, 0.3) is 5.69 Å². The van der Waals surface area contributed by atoms with Gasteiger partial charge in [0.05, 0.1) is 28.3 Å². The lowest BCUT2D eigenvalue weighted by molar-refractivity contribution is 0.103. The third-order valence-corrected chi connectivity index (χ3v) is 5.82. The number of hydrogen-bond acceptors (Lipinski definition) is 5. The molecule has 0 amide bonds. The van der Waals surface area contributed by atoms with Gasteiger partial charge in [-0.05, 0) is 61.5 Å². The maximum atomic E-state index is 14.0. The molecule has 35 heavy (non-hydrogen) atoms. The van der Waals surface area contributed by atoms with Crippen LogP contribution < -0.4 is 10.6 Å². The second-order valence-corrected chi connectivity index (χ2v) is 8.44. The topological polar surface area (TPSA) is 71.8 Å². The Morgan fingerprint density at radius 3 is 2.63 bits per heavy atom. The van der Waals surface area contributed by atoms with E-state index < -0.39 is 11.6 Å². The fourth-order valence-corrected chi connectivity index (χ4v) is 3.86. The maximum absolute atomic E-state index is 14.0. The summed E-state index contributed by atoms with van der Waals surface area (Å²) in [5.74, 6) is -1.65. The van der Waals surface area contributed by atoms with Gasteiger partial charge in [0.15, 0.2) is 5.78 Å². The predicted octanol–water partition coefficient (Wildman–Crippen LogP) is 5.63. The first-order chi connectivity index (χ1) is 16.9. The van der Waals surface area contributed by atoms with Crippen molar-refractivity contribution in [3.63, 3.8) is 0 Å². The first-order valence-electron chi connectivity index (χ1n) is 11.1. The molecule has 4 aromatic rings. The summed E-state index contributed by atoms with van der Waals surface area (Å²) in [5, 5.41) is 14.7. The minimum atomic E-state index is -0.730. The van der Waals surface area contributed by atoms with Crippen molar-refractivity contribution in [2.45, 2.75) is 20.3 Å². The number of ketones is 1. The summed E-state index contributed by atoms with van der Waals surface area (Å²) >= 11 is 6.43. The number of nitrogens with one attached hydrogen (secondary N) is 2. The highest BCUT2D eigenvalue weighted by Gasteiger charge is 2.17. The Hall–Kier alpha value is -3.62. The zero-order chi connectivity index (χ0) is 24.9. The van der Waals surface area contributed by atoms with E-state index in [-0.39, 0.29) is 16.5 Å². The van der Waals surface area contributed by atoms with Crippen LogP contribution in [0.2, 0.25) is 5.02 Å². The van der Waals surface area contributed by atoms with Gasteiger partial charge in [-0.3, -0.25) is 4.79 Å². The van der Waals surface area contributed by atoms with E-state index in [4.69, 9.17) is 11.6 Å². The summed E-state index contributed by atoms with van der Waals surface area (Å²) in [4.78, 5) is 13.4. The monoisotopic (exact) mass is 495 g/mol. The number of aromatic nitrogens is 3. The molecular weight excluding hydrogens is 472 g/mol. The zero-order valence-corrected chi connectivity index (χ0v) is 20.0. The first-order valence-corrected chi connectivity index (χ1v) is 11.5. The molecule has 2 N–H and O–H groups in total. The molecule has 1 aromatic heterocycles. The molecule has 0 spiro atoms. The highest BCUT2D eigenvalue weighted by molar-refractivity contribution is 6.35. The van der Waals surface area contributed by atoms with E-state index in [1.807, 2.05) is 32.2 Å². The molecule has 1 heterocycles. The highest BCUT2D eigenvalue weighted by atomic mass is 35.5. The lowest BCUT2D eigenvalue weighted by Crippen LogP contribution is -2.16. The maximum Gasteiger partial charge on any atom is 0.194 e. The van der Waals surface area contributed by atoms with Crippen molar-refractivity contribution >= 4 is 28.8 Å². The van der Waals surface area contributed by atoms with Gasteiger partial charge in [-0.25, -0.2) is 13.5 Å². The van der Waals surface area contributed by atoms with Crippen LogP contribution in [-0.2, 0) is 6.42 Å². The number of rotatable bonds is 9. The molecule has 6 nitrogen and oxygen atoms in total. The van der Waals surface area contributed by atoms with Crippen molar-refractivity contribution in [1.82, 2.24) is 20.3 Å². The summed E-state index contributed by atoms with van der Waals surface area (Å²) in [6.07, 6.45) is 2.60. The molecule has 0 aliphatic carbocycles. The lowest BCUT2D eigenvalue weighted by atomic mass is 9.98. The Morgan fingerprint density at radius 1 is 1.06 bits per heavy atom. The Morgan fingerprint density at radius 2 is 1.89 bits per heavy atom. The van der Waals surface area contributed by atoms with Gasteiger partial charge in [-0.2, -0.15) is 0 Å². The molecule has 0 unspecified atom stereocenters. The number of benzene rings is 3. The Bertz CT molecular complexity index is 1370. The quantitative estimate of drug-likeness (QED) is 0.232. The van der Waals surface area contributed by atoms with E-state index in [0.717, 1.165) is 42.9 Å². The third kappa shape index (κ3) is 5.72. The minimum absolute atomic E-state index is 0.0998. The molecule has 3 aromatic carbocycles. The van der Waals surface area contributed by atoms with Gasteiger partial charge >= 0.3 is 0 Å². The fourth-order valence-electron chi connectivity index (χ4n) is 3.60. The molecule has 4 rings (SSSR count). The molecule has 0 radical (unpaired) electrons. The van der Waals surface area contributed by atoms with E-state index in [2.05, 4.69) is 20.9 Å². The molecule has 0 atom stereocenters. The van der Waals surface area contributed by atoms with Crippen LogP contribution in [0.3, 0.4) is 0 Å². The average molecular weight is 496 g/mol. The number of carbonyl (C=O) groups excluding carboxylic acids is 1. The van der Waals surface area contributed by atoms with Crippen LogP contribution in [0.5, 0.6) is 0 Å². The second kappa shape index (κ2) is 10.8. The SMILES string of the molecule is CCNCCc1cn(-c2ccc(C)c(C(=O)c3ccc(Nc4ccc(F)cc4F)cc3Cl)c2)nn1. The molecule has 180 valence electrons. The van der Waals surface area contributed by atoms with Crippen molar-refractivity contribution in [2.75, 3.05) is 18.4 Å². The molecule has 0 bridgehead atoms. The minimum Gasteiger partial charge on any atom is -0.353 e. The molecule has 0 aliphatic rings. The molecule has 0 saturated carbocycles. The number of aryl methyl sites for hydroxylation is 1. The van der Waals surface area contributed by atoms with Gasteiger partial charge < -0.3 is 10.6 Å². The summed E-state index contributed by atoms with van der Waals surface area (Å²) in [5.41, 5.74) is 3.71. The van der Waals surface area contributed by atoms with E-state index in [9.17, 15) is 13.6 Å². The van der Waals surface area contributed by atoms with E-state index in [0.29, 0.717) is 22.5 Å². The normalized spacial score (nSPS) is 11.0. The van der Waals surface area contributed by atoms with Crippen LogP contribution in [0.4, 0.5) is 20.2 Å². The van der Waals surface area contributed by atoms with Crippen molar-refractivity contribution in [3.05, 3.63) is 99.8 Å². The van der Waals surface area contributed by atoms with Gasteiger partial charge in [0.1, 0.15) is 11.6 Å². The number of nitrogens with zero attached hydrogens (tertiary/aromatic N) is 3. The number of anilines is 2. The average Bonchev–Trinajstić information content (AvgIpc) is 3.30. The first kappa shape index (κ1) is 24.5. The van der Waals surface area contributed by atoms with Gasteiger partial charge in [0.25, 0.3) is 0 Å². The van der Waals surface area contributed by atoms with Crippen molar-refractivity contribution in [3.8, 4) is 5.69 Å². The second-order valence-electron chi connectivity index (χ2n) is 8.03. The molecule has 9 heteroatoms. The van der Waals surface area contributed by atoms with Crippen LogP contribution in [0.15, 0.2) is 60.8 Å². The number of hydrogen-bond donors (Lipinski definition) is 2. The lowest BCUT2D eigenvalue weighted by Gasteiger charge is -2.12. The van der Waals surface area contributed by atoms with Crippen molar-refractivity contribution in [1.29, 1.82) is 0 Å². The van der Waals surface area contributed by atoms with Crippen LogP contribution >= 0.6 is 11.6 Å². The molecule has 0 fully saturated rings. The summed E-state index contributed by atoms with van der Waals surface area (Å²) < 4.78 is 28.8. The van der Waals surface area contributed by atoms with E-state index >= 15 is 0 Å². The molecule has 0 saturated heterocycles. The van der Waals surface area contributed by atoms with Crippen LogP contribution in [-0.4, -0.2) is 33.9 Å². The summed E-state index contributed by atoms with van der Waals surface area (Å²) in [6.45, 7) is 5.59. The van der Waals surface area contributed by atoms with Crippen LogP contribution in [0, 0.1) is 18.6 Å². The van der Waals surface area contributed by atoms with Crippen molar-refractivity contribution in [2.24, 2.45) is 0 Å². The summed E-state index contributed by atoms with van der Waals surface area (Å²) in [6, 6.07) is 13.5. The largest absolute Gasteiger partial charge is 0.353 e.